The molecule has 0 radical (unpaired) electrons. The summed E-state index contributed by atoms with van der Waals surface area (Å²) in [5, 5.41) is 19.4. The number of halogens is 1. The molecule has 3 aromatic carbocycles. The van der Waals surface area contributed by atoms with Crippen molar-refractivity contribution in [2.75, 3.05) is 6.61 Å². The van der Waals surface area contributed by atoms with Gasteiger partial charge in [0.05, 0.1) is 36.2 Å². The largest absolute Gasteiger partial charge is 0.457 e. The predicted molar refractivity (Wildman–Crippen MR) is 171 cm³/mol. The van der Waals surface area contributed by atoms with Gasteiger partial charge in [-0.1, -0.05) is 52.3 Å². The summed E-state index contributed by atoms with van der Waals surface area (Å²) in [6, 6.07) is 20.3. The van der Waals surface area contributed by atoms with Crippen LogP contribution in [0.2, 0.25) is 0 Å². The van der Waals surface area contributed by atoms with E-state index >= 15 is 0 Å². The topological polar surface area (TPSA) is 82.2 Å². The Morgan fingerprint density at radius 2 is 1.73 bits per heavy atom. The molecule has 0 amide bonds. The van der Waals surface area contributed by atoms with Gasteiger partial charge in [-0.05, 0) is 73.5 Å². The van der Waals surface area contributed by atoms with Gasteiger partial charge in [-0.2, -0.15) is 10.2 Å². The van der Waals surface area contributed by atoms with Crippen molar-refractivity contribution in [2.45, 2.75) is 72.8 Å². The summed E-state index contributed by atoms with van der Waals surface area (Å²) < 4.78 is 24.2. The second kappa shape index (κ2) is 12.4. The molecule has 7 nitrogen and oxygen atoms in total. The zero-order valence-corrected chi connectivity index (χ0v) is 26.4. The number of fused-ring (bicyclic) bond motifs is 1. The van der Waals surface area contributed by atoms with Gasteiger partial charge in [-0.3, -0.25) is 9.48 Å². The Bertz CT molecular complexity index is 1780. The molecule has 0 unspecified atom stereocenters. The van der Waals surface area contributed by atoms with Crippen LogP contribution in [-0.4, -0.2) is 37.1 Å². The maximum Gasteiger partial charge on any atom is 0.139 e. The van der Waals surface area contributed by atoms with Crippen LogP contribution in [-0.2, 0) is 29.6 Å². The summed E-state index contributed by atoms with van der Waals surface area (Å²) in [4.78, 5) is 13.7. The third-order valence-electron chi connectivity index (χ3n) is 8.00. The second-order valence-corrected chi connectivity index (χ2v) is 13.2. The van der Waals surface area contributed by atoms with Gasteiger partial charge in [-0.25, -0.2) is 9.07 Å². The Kier molecular flexibility index (Phi) is 8.75. The minimum atomic E-state index is -0.675. The molecule has 0 fully saturated rings. The van der Waals surface area contributed by atoms with Crippen molar-refractivity contribution in [1.82, 2.24) is 19.6 Å². The van der Waals surface area contributed by atoms with Crippen molar-refractivity contribution >= 4 is 16.7 Å². The van der Waals surface area contributed by atoms with Gasteiger partial charge in [-0.15, -0.1) is 0 Å². The molecule has 0 saturated heterocycles. The highest BCUT2D eigenvalue weighted by Crippen LogP contribution is 2.33. The molecule has 0 atom stereocenters. The molecule has 8 heteroatoms. The molecule has 1 N–H and O–H groups in total. The average Bonchev–Trinajstić information content (AvgIpc) is 3.57. The third-order valence-corrected chi connectivity index (χ3v) is 8.00. The molecule has 0 spiro atoms. The first-order chi connectivity index (χ1) is 20.8. The number of carbonyl (C=O) groups is 1. The Labute approximate surface area is 258 Å². The van der Waals surface area contributed by atoms with Gasteiger partial charge < -0.3 is 9.84 Å². The van der Waals surface area contributed by atoms with Crippen molar-refractivity contribution in [3.8, 4) is 17.2 Å². The zero-order chi connectivity index (χ0) is 31.6. The monoisotopic (exact) mass is 596 g/mol. The molecule has 5 rings (SSSR count). The maximum atomic E-state index is 14.4. The smallest absolute Gasteiger partial charge is 0.139 e. The fourth-order valence-electron chi connectivity index (χ4n) is 5.33. The van der Waals surface area contributed by atoms with Crippen LogP contribution in [0.4, 0.5) is 4.39 Å². The molecule has 5 aromatic rings. The number of nitrogens with zero attached hydrogens (tertiary/aromatic N) is 4. The lowest BCUT2D eigenvalue weighted by Crippen LogP contribution is -2.28. The zero-order valence-electron chi connectivity index (χ0n) is 26.4. The number of aliphatic hydroxyl groups excluding tert-OH is 1. The van der Waals surface area contributed by atoms with Crippen molar-refractivity contribution in [2.24, 2.45) is 5.41 Å². The van der Waals surface area contributed by atoms with Crippen molar-refractivity contribution < 1.29 is 19.0 Å². The number of carbonyl (C=O) groups excluding carboxylic acids is 1. The highest BCUT2D eigenvalue weighted by molar-refractivity contribution is 5.84. The van der Waals surface area contributed by atoms with E-state index < -0.39 is 5.41 Å². The predicted octanol–water partition coefficient (Wildman–Crippen LogP) is 7.52. The van der Waals surface area contributed by atoms with E-state index in [9.17, 15) is 14.3 Å². The summed E-state index contributed by atoms with van der Waals surface area (Å²) >= 11 is 0. The van der Waals surface area contributed by atoms with Gasteiger partial charge in [0.25, 0.3) is 0 Å². The Balaban J connectivity index is 1.33. The fourth-order valence-corrected chi connectivity index (χ4v) is 5.33. The van der Waals surface area contributed by atoms with Crippen LogP contribution in [0.15, 0.2) is 72.9 Å². The van der Waals surface area contributed by atoms with Gasteiger partial charge >= 0.3 is 0 Å². The molecular formula is C36H41FN4O3. The Hall–Kier alpha value is -4.30. The quantitative estimate of drug-likeness (QED) is 0.171. The summed E-state index contributed by atoms with van der Waals surface area (Å²) in [5.74, 6) is 0.793. The summed E-state index contributed by atoms with van der Waals surface area (Å²) in [5.41, 5.74) is 4.78. The first-order valence-electron chi connectivity index (χ1n) is 15.1. The lowest BCUT2D eigenvalue weighted by molar-refractivity contribution is -0.127. The van der Waals surface area contributed by atoms with Crippen LogP contribution in [0, 0.1) is 18.2 Å². The number of aryl methyl sites for hydroxylation is 2. The van der Waals surface area contributed by atoms with E-state index in [1.807, 2.05) is 36.7 Å². The lowest BCUT2D eigenvalue weighted by Gasteiger charge is -2.24. The number of ether oxygens (including phenoxy) is 1. The summed E-state index contributed by atoms with van der Waals surface area (Å²) in [6.45, 7) is 12.8. The number of hydrogen-bond donors (Lipinski definition) is 1. The van der Waals surface area contributed by atoms with Crippen LogP contribution < -0.4 is 4.74 Å². The van der Waals surface area contributed by atoms with E-state index in [1.165, 1.54) is 17.7 Å². The Morgan fingerprint density at radius 3 is 2.43 bits per heavy atom. The number of hydrogen-bond acceptors (Lipinski definition) is 5. The van der Waals surface area contributed by atoms with Crippen molar-refractivity contribution in [3.63, 3.8) is 0 Å². The maximum absolute atomic E-state index is 14.4. The average molecular weight is 597 g/mol. The van der Waals surface area contributed by atoms with Crippen LogP contribution in [0.1, 0.15) is 63.6 Å². The standard InChI is InChI=1S/C36H41FN4O3/c1-24-7-11-28(12-8-24)41-29(21-33(39-41)35(2,3)4)22-36(5,6)34(43)16-9-25-19-27(37)10-15-32(25)44-30-13-14-31-26(20-30)23-38-40(31)17-18-42/h7-8,10-15,19-21,23,42H,9,16-18,22H2,1-6H3. The number of benzene rings is 3. The van der Waals surface area contributed by atoms with Gasteiger partial charge in [0.15, 0.2) is 0 Å². The molecule has 0 saturated carbocycles. The van der Waals surface area contributed by atoms with E-state index in [-0.39, 0.29) is 30.0 Å². The van der Waals surface area contributed by atoms with Gasteiger partial charge in [0.1, 0.15) is 23.1 Å². The van der Waals surface area contributed by atoms with E-state index in [4.69, 9.17) is 9.84 Å². The SMILES string of the molecule is Cc1ccc(-n2nc(C(C)(C)C)cc2CC(C)(C)C(=O)CCc2cc(F)ccc2Oc2ccc3c(cnn3CCO)c2)cc1. The molecular weight excluding hydrogens is 555 g/mol. The number of ketones is 1. The summed E-state index contributed by atoms with van der Waals surface area (Å²) in [7, 11) is 0. The van der Waals surface area contributed by atoms with Gasteiger partial charge in [0, 0.05) is 34.8 Å². The molecule has 0 bridgehead atoms. The van der Waals surface area contributed by atoms with Crippen LogP contribution >= 0.6 is 0 Å². The number of Topliss-reactive ketones (excluding diaryl/α,β-unsaturated/α-hetero) is 1. The summed E-state index contributed by atoms with van der Waals surface area (Å²) in [6.07, 6.45) is 2.82. The van der Waals surface area contributed by atoms with Crippen LogP contribution in [0.25, 0.3) is 16.6 Å². The van der Waals surface area contributed by atoms with E-state index in [1.54, 1.807) is 16.9 Å². The molecule has 44 heavy (non-hydrogen) atoms. The third kappa shape index (κ3) is 6.91. The molecule has 230 valence electrons. The Morgan fingerprint density at radius 1 is 0.977 bits per heavy atom. The van der Waals surface area contributed by atoms with Crippen molar-refractivity contribution in [1.29, 1.82) is 0 Å². The first-order valence-corrected chi connectivity index (χ1v) is 15.1. The molecule has 0 aliphatic heterocycles. The highest BCUT2D eigenvalue weighted by atomic mass is 19.1. The second-order valence-electron chi connectivity index (χ2n) is 13.2. The molecule has 2 aromatic heterocycles. The molecule has 2 heterocycles. The lowest BCUT2D eigenvalue weighted by atomic mass is 9.80. The molecule has 0 aliphatic rings. The minimum absolute atomic E-state index is 0.00215. The normalized spacial score (nSPS) is 12.2. The number of aromatic nitrogens is 4. The minimum Gasteiger partial charge on any atom is -0.457 e. The van der Waals surface area contributed by atoms with E-state index in [0.29, 0.717) is 36.4 Å². The molecule has 0 aliphatic carbocycles. The van der Waals surface area contributed by atoms with E-state index in [2.05, 4.69) is 63.1 Å². The number of rotatable bonds is 11. The first kappa shape index (κ1) is 31.1. The van der Waals surface area contributed by atoms with Crippen molar-refractivity contribution in [3.05, 3.63) is 101 Å². The fraction of sp³-hybridized carbons (Fsp3) is 0.361. The van der Waals surface area contributed by atoms with Crippen LogP contribution in [0.3, 0.4) is 0 Å². The van der Waals surface area contributed by atoms with Gasteiger partial charge in [0.2, 0.25) is 0 Å². The highest BCUT2D eigenvalue weighted by Gasteiger charge is 2.31. The number of aliphatic hydroxyl groups is 1. The van der Waals surface area contributed by atoms with E-state index in [0.717, 1.165) is 28.0 Å². The van der Waals surface area contributed by atoms with Crippen LogP contribution in [0.5, 0.6) is 11.5 Å².